The molecule has 0 spiro atoms. The van der Waals surface area contributed by atoms with Crippen LogP contribution in [0.3, 0.4) is 0 Å². The smallest absolute Gasteiger partial charge is 0.340 e. The summed E-state index contributed by atoms with van der Waals surface area (Å²) in [5.41, 5.74) is -0.232. The molecule has 4 nitrogen and oxygen atoms in total. The summed E-state index contributed by atoms with van der Waals surface area (Å²) in [6.07, 6.45) is -2.79. The number of alkyl halides is 3. The Hall–Kier alpha value is -1.89. The molecule has 0 bridgehead atoms. The van der Waals surface area contributed by atoms with Crippen molar-refractivity contribution in [2.24, 2.45) is 0 Å². The van der Waals surface area contributed by atoms with Crippen LogP contribution in [-0.2, 0) is 12.7 Å². The molecule has 1 atom stereocenters. The average Bonchev–Trinajstić information content (AvgIpc) is 3.07. The van der Waals surface area contributed by atoms with E-state index in [1.807, 2.05) is 4.90 Å². The van der Waals surface area contributed by atoms with Gasteiger partial charge < -0.3 is 4.52 Å². The van der Waals surface area contributed by atoms with Crippen molar-refractivity contribution in [2.45, 2.75) is 38.5 Å². The minimum atomic E-state index is -4.34. The molecule has 1 fully saturated rings. The summed E-state index contributed by atoms with van der Waals surface area (Å²) >= 11 is 0. The van der Waals surface area contributed by atoms with Gasteiger partial charge in [0.2, 0.25) is 5.89 Å². The lowest BCUT2D eigenvalue weighted by atomic mass is 9.98. The number of hydrogen-bond donors (Lipinski definition) is 0. The second-order valence-electron chi connectivity index (χ2n) is 5.44. The maximum absolute atomic E-state index is 13.2. The Labute approximate surface area is 125 Å². The van der Waals surface area contributed by atoms with Gasteiger partial charge in [0.25, 0.3) is 0 Å². The molecule has 7 heteroatoms. The van der Waals surface area contributed by atoms with Crippen LogP contribution in [0.25, 0.3) is 0 Å². The predicted octanol–water partition coefficient (Wildman–Crippen LogP) is 3.73. The van der Waals surface area contributed by atoms with E-state index >= 15 is 0 Å². The van der Waals surface area contributed by atoms with Gasteiger partial charge in [-0.1, -0.05) is 23.4 Å². The molecule has 0 radical (unpaired) electrons. The zero-order valence-corrected chi connectivity index (χ0v) is 12.1. The third-order valence-electron chi connectivity index (χ3n) is 3.90. The van der Waals surface area contributed by atoms with Crippen LogP contribution in [0, 0.1) is 6.92 Å². The average molecular weight is 311 g/mol. The molecule has 118 valence electrons. The van der Waals surface area contributed by atoms with E-state index in [0.29, 0.717) is 30.2 Å². The summed E-state index contributed by atoms with van der Waals surface area (Å²) in [7, 11) is 0. The van der Waals surface area contributed by atoms with Crippen LogP contribution in [0.1, 0.15) is 41.7 Å². The van der Waals surface area contributed by atoms with Gasteiger partial charge in [-0.15, -0.1) is 0 Å². The first-order valence-corrected chi connectivity index (χ1v) is 7.14. The Bertz CT molecular complexity index is 653. The zero-order chi connectivity index (χ0) is 15.7. The van der Waals surface area contributed by atoms with E-state index in [0.717, 1.165) is 19.0 Å². The molecule has 1 aliphatic heterocycles. The second-order valence-corrected chi connectivity index (χ2v) is 5.44. The van der Waals surface area contributed by atoms with E-state index in [-0.39, 0.29) is 6.04 Å². The first kappa shape index (κ1) is 15.0. The number of benzene rings is 1. The van der Waals surface area contributed by atoms with E-state index in [1.165, 1.54) is 6.07 Å². The van der Waals surface area contributed by atoms with Gasteiger partial charge >= 0.3 is 6.18 Å². The molecule has 0 aliphatic carbocycles. The molecular weight excluding hydrogens is 295 g/mol. The Kier molecular flexibility index (Phi) is 3.90. The minimum absolute atomic E-state index is 0.267. The third-order valence-corrected chi connectivity index (χ3v) is 3.90. The fourth-order valence-electron chi connectivity index (χ4n) is 3.00. The molecule has 1 saturated heterocycles. The molecule has 3 rings (SSSR count). The summed E-state index contributed by atoms with van der Waals surface area (Å²) in [6, 6.07) is 5.52. The fraction of sp³-hybridized carbons (Fsp3) is 0.467. The van der Waals surface area contributed by atoms with Crippen LogP contribution in [0.4, 0.5) is 13.2 Å². The van der Waals surface area contributed by atoms with Crippen molar-refractivity contribution in [1.29, 1.82) is 0 Å². The number of likely N-dealkylation sites (tertiary alicyclic amines) is 1. The van der Waals surface area contributed by atoms with Gasteiger partial charge in [-0.05, 0) is 31.0 Å². The third kappa shape index (κ3) is 2.99. The molecule has 0 saturated carbocycles. The highest BCUT2D eigenvalue weighted by Crippen LogP contribution is 2.40. The van der Waals surface area contributed by atoms with Crippen molar-refractivity contribution >= 4 is 0 Å². The summed E-state index contributed by atoms with van der Waals surface area (Å²) in [6.45, 7) is 2.82. The number of hydrogen-bond acceptors (Lipinski definition) is 4. The molecule has 0 amide bonds. The molecule has 0 unspecified atom stereocenters. The summed E-state index contributed by atoms with van der Waals surface area (Å²) in [5.74, 6) is 0.968. The number of aromatic nitrogens is 2. The number of halogens is 3. The maximum atomic E-state index is 13.2. The van der Waals surface area contributed by atoms with Gasteiger partial charge in [0.1, 0.15) is 0 Å². The van der Waals surface area contributed by atoms with Crippen molar-refractivity contribution in [2.75, 3.05) is 6.54 Å². The van der Waals surface area contributed by atoms with Crippen LogP contribution in [0.5, 0.6) is 0 Å². The lowest BCUT2D eigenvalue weighted by Gasteiger charge is -2.26. The lowest BCUT2D eigenvalue weighted by Crippen LogP contribution is -2.25. The fourth-order valence-corrected chi connectivity index (χ4v) is 3.00. The number of rotatable bonds is 3. The highest BCUT2D eigenvalue weighted by molar-refractivity contribution is 5.33. The van der Waals surface area contributed by atoms with E-state index in [1.54, 1.807) is 19.1 Å². The molecule has 2 aromatic rings. The monoisotopic (exact) mass is 311 g/mol. The normalized spacial score (nSPS) is 19.7. The summed E-state index contributed by atoms with van der Waals surface area (Å²) in [4.78, 5) is 6.11. The maximum Gasteiger partial charge on any atom is 0.416 e. The molecule has 1 aromatic heterocycles. The standard InChI is InChI=1S/C15H16F3N3O/c1-10-19-14(20-22-10)9-21-8-4-7-13(21)11-5-2-3-6-12(11)15(16,17)18/h2-3,5-6,13H,4,7-9H2,1H3/t13-/m1/s1. The van der Waals surface area contributed by atoms with Gasteiger partial charge in [-0.2, -0.15) is 18.2 Å². The van der Waals surface area contributed by atoms with Gasteiger partial charge in [-0.25, -0.2) is 0 Å². The van der Waals surface area contributed by atoms with E-state index in [9.17, 15) is 13.2 Å². The van der Waals surface area contributed by atoms with Crippen LogP contribution in [0.15, 0.2) is 28.8 Å². The largest absolute Gasteiger partial charge is 0.416 e. The minimum Gasteiger partial charge on any atom is -0.340 e. The topological polar surface area (TPSA) is 42.2 Å². The van der Waals surface area contributed by atoms with Gasteiger partial charge in [-0.3, -0.25) is 4.90 Å². The van der Waals surface area contributed by atoms with Crippen LogP contribution < -0.4 is 0 Å². The highest BCUT2D eigenvalue weighted by atomic mass is 19.4. The highest BCUT2D eigenvalue weighted by Gasteiger charge is 2.37. The van der Waals surface area contributed by atoms with Crippen LogP contribution >= 0.6 is 0 Å². The van der Waals surface area contributed by atoms with Crippen molar-refractivity contribution in [3.63, 3.8) is 0 Å². The second kappa shape index (κ2) is 5.72. The number of nitrogens with zero attached hydrogens (tertiary/aromatic N) is 3. The zero-order valence-electron chi connectivity index (χ0n) is 12.1. The first-order valence-electron chi connectivity index (χ1n) is 7.14. The first-order chi connectivity index (χ1) is 10.4. The Morgan fingerprint density at radius 3 is 2.77 bits per heavy atom. The Balaban J connectivity index is 1.87. The van der Waals surface area contributed by atoms with Gasteiger partial charge in [0.15, 0.2) is 5.82 Å². The summed E-state index contributed by atoms with van der Waals surface area (Å²) < 4.78 is 44.5. The predicted molar refractivity (Wildman–Crippen MR) is 72.9 cm³/mol. The van der Waals surface area contributed by atoms with Gasteiger partial charge in [0, 0.05) is 13.0 Å². The molecule has 1 aliphatic rings. The van der Waals surface area contributed by atoms with Crippen molar-refractivity contribution in [1.82, 2.24) is 15.0 Å². The van der Waals surface area contributed by atoms with Crippen molar-refractivity contribution in [3.8, 4) is 0 Å². The quantitative estimate of drug-likeness (QED) is 0.866. The molecule has 0 N–H and O–H groups in total. The Morgan fingerprint density at radius 1 is 1.32 bits per heavy atom. The van der Waals surface area contributed by atoms with Crippen LogP contribution in [0.2, 0.25) is 0 Å². The molecule has 1 aromatic carbocycles. The molecular formula is C15H16F3N3O. The Morgan fingerprint density at radius 2 is 2.09 bits per heavy atom. The van der Waals surface area contributed by atoms with Crippen molar-refractivity contribution < 1.29 is 17.7 Å². The van der Waals surface area contributed by atoms with Crippen molar-refractivity contribution in [3.05, 3.63) is 47.1 Å². The molecule has 22 heavy (non-hydrogen) atoms. The van der Waals surface area contributed by atoms with Gasteiger partial charge in [0.05, 0.1) is 12.1 Å². The van der Waals surface area contributed by atoms with E-state index in [4.69, 9.17) is 4.52 Å². The summed E-state index contributed by atoms with van der Waals surface area (Å²) in [5, 5.41) is 3.83. The SMILES string of the molecule is Cc1nc(CN2CCC[C@@H]2c2ccccc2C(F)(F)F)no1. The van der Waals surface area contributed by atoms with E-state index in [2.05, 4.69) is 10.1 Å². The lowest BCUT2D eigenvalue weighted by molar-refractivity contribution is -0.138. The number of aryl methyl sites for hydroxylation is 1. The molecule has 2 heterocycles. The van der Waals surface area contributed by atoms with Crippen LogP contribution in [-0.4, -0.2) is 21.6 Å². The van der Waals surface area contributed by atoms with E-state index < -0.39 is 11.7 Å².